The Morgan fingerprint density at radius 2 is 1.73 bits per heavy atom. The second kappa shape index (κ2) is 12.0. The summed E-state index contributed by atoms with van der Waals surface area (Å²) in [6.07, 6.45) is 4.85. The largest absolute Gasteiger partial charge is 0.369 e. The summed E-state index contributed by atoms with van der Waals surface area (Å²) in [5.74, 6) is 0.549. The molecule has 22 heavy (non-hydrogen) atoms. The van der Waals surface area contributed by atoms with Crippen molar-refractivity contribution in [1.82, 2.24) is 0 Å². The zero-order chi connectivity index (χ0) is 17.0. The summed E-state index contributed by atoms with van der Waals surface area (Å²) in [7, 11) is 0. The fraction of sp³-hybridized carbons (Fsp3) is 0.579. The van der Waals surface area contributed by atoms with Gasteiger partial charge in [0.2, 0.25) is 5.91 Å². The number of rotatable bonds is 8. The van der Waals surface area contributed by atoms with Crippen molar-refractivity contribution in [1.29, 1.82) is 0 Å². The maximum absolute atomic E-state index is 11.2. The third-order valence-electron chi connectivity index (χ3n) is 3.72. The molecule has 124 valence electrons. The van der Waals surface area contributed by atoms with Gasteiger partial charge in [-0.05, 0) is 24.8 Å². The Morgan fingerprint density at radius 3 is 2.09 bits per heavy atom. The van der Waals surface area contributed by atoms with Gasteiger partial charge in [0.05, 0.1) is 5.92 Å². The minimum absolute atomic E-state index is 0.115. The molecule has 0 heterocycles. The first-order chi connectivity index (χ1) is 10.4. The van der Waals surface area contributed by atoms with E-state index in [1.54, 1.807) is 6.92 Å². The first-order valence-corrected chi connectivity index (χ1v) is 8.25. The SMILES string of the molecule is CCC(C)CC(C)=O.CCCCC(C(N)=O)c1ccccc1. The Labute approximate surface area is 135 Å². The minimum Gasteiger partial charge on any atom is -0.369 e. The summed E-state index contributed by atoms with van der Waals surface area (Å²) < 4.78 is 0. The molecule has 0 bridgehead atoms. The van der Waals surface area contributed by atoms with Gasteiger partial charge in [0.25, 0.3) is 0 Å². The number of ketones is 1. The summed E-state index contributed by atoms with van der Waals surface area (Å²) in [5.41, 5.74) is 6.41. The van der Waals surface area contributed by atoms with Crippen LogP contribution in [0.15, 0.2) is 30.3 Å². The van der Waals surface area contributed by atoms with Crippen LogP contribution in [0.4, 0.5) is 0 Å². The van der Waals surface area contributed by atoms with E-state index in [0.29, 0.717) is 11.7 Å². The van der Waals surface area contributed by atoms with Crippen LogP contribution in [0.3, 0.4) is 0 Å². The number of unbranched alkanes of at least 4 members (excludes halogenated alkanes) is 1. The molecule has 0 fully saturated rings. The quantitative estimate of drug-likeness (QED) is 0.771. The van der Waals surface area contributed by atoms with E-state index in [-0.39, 0.29) is 11.8 Å². The molecule has 0 saturated carbocycles. The van der Waals surface area contributed by atoms with E-state index in [4.69, 9.17) is 5.73 Å². The van der Waals surface area contributed by atoms with Crippen LogP contribution in [0.1, 0.15) is 71.3 Å². The number of carbonyl (C=O) groups excluding carboxylic acids is 2. The summed E-state index contributed by atoms with van der Waals surface area (Å²) in [6.45, 7) is 7.96. The molecular weight excluding hydrogens is 274 g/mol. The van der Waals surface area contributed by atoms with Crippen molar-refractivity contribution in [2.24, 2.45) is 11.7 Å². The second-order valence-corrected chi connectivity index (χ2v) is 5.93. The third-order valence-corrected chi connectivity index (χ3v) is 3.72. The van der Waals surface area contributed by atoms with E-state index in [1.807, 2.05) is 30.3 Å². The lowest BCUT2D eigenvalue weighted by atomic mass is 9.93. The molecule has 1 rings (SSSR count). The van der Waals surface area contributed by atoms with Gasteiger partial charge in [-0.25, -0.2) is 0 Å². The van der Waals surface area contributed by atoms with Crippen LogP contribution in [0.2, 0.25) is 0 Å². The van der Waals surface area contributed by atoms with Gasteiger partial charge >= 0.3 is 0 Å². The van der Waals surface area contributed by atoms with E-state index >= 15 is 0 Å². The molecule has 2 N–H and O–H groups in total. The average Bonchev–Trinajstić information content (AvgIpc) is 2.48. The predicted octanol–water partition coefficient (Wildman–Crippen LogP) is 4.46. The molecular formula is C19H31NO2. The molecule has 0 saturated heterocycles. The maximum atomic E-state index is 11.2. The molecule has 0 aromatic heterocycles. The number of hydrogen-bond acceptors (Lipinski definition) is 2. The van der Waals surface area contributed by atoms with Gasteiger partial charge in [0.15, 0.2) is 0 Å². The fourth-order valence-electron chi connectivity index (χ4n) is 2.20. The van der Waals surface area contributed by atoms with Gasteiger partial charge in [0.1, 0.15) is 5.78 Å². The van der Waals surface area contributed by atoms with Gasteiger partial charge < -0.3 is 10.5 Å². The number of Topliss-reactive ketones (excluding diaryl/α,β-unsaturated/α-hetero) is 1. The Kier molecular flexibility index (Phi) is 11.1. The van der Waals surface area contributed by atoms with Crippen LogP contribution in [0.25, 0.3) is 0 Å². The lowest BCUT2D eigenvalue weighted by molar-refractivity contribution is -0.119. The summed E-state index contributed by atoms with van der Waals surface area (Å²) in [6, 6.07) is 9.76. The number of primary amides is 1. The average molecular weight is 305 g/mol. The molecule has 0 aliphatic rings. The number of benzene rings is 1. The highest BCUT2D eigenvalue weighted by molar-refractivity contribution is 5.81. The lowest BCUT2D eigenvalue weighted by Crippen LogP contribution is -2.21. The summed E-state index contributed by atoms with van der Waals surface area (Å²) in [4.78, 5) is 21.6. The van der Waals surface area contributed by atoms with E-state index in [9.17, 15) is 9.59 Å². The number of amides is 1. The molecule has 3 nitrogen and oxygen atoms in total. The molecule has 1 amide bonds. The van der Waals surface area contributed by atoms with Crippen LogP contribution in [0.5, 0.6) is 0 Å². The maximum Gasteiger partial charge on any atom is 0.224 e. The van der Waals surface area contributed by atoms with E-state index in [2.05, 4.69) is 20.8 Å². The van der Waals surface area contributed by atoms with E-state index < -0.39 is 0 Å². The minimum atomic E-state index is -0.218. The van der Waals surface area contributed by atoms with Crippen molar-refractivity contribution in [3.05, 3.63) is 35.9 Å². The Hall–Kier alpha value is -1.64. The van der Waals surface area contributed by atoms with Crippen LogP contribution in [-0.4, -0.2) is 11.7 Å². The zero-order valence-corrected chi connectivity index (χ0v) is 14.5. The number of nitrogens with two attached hydrogens (primary N) is 1. The van der Waals surface area contributed by atoms with Gasteiger partial charge in [-0.2, -0.15) is 0 Å². The Bertz CT molecular complexity index is 428. The third kappa shape index (κ3) is 9.32. The van der Waals surface area contributed by atoms with Gasteiger partial charge in [-0.15, -0.1) is 0 Å². The monoisotopic (exact) mass is 305 g/mol. The van der Waals surface area contributed by atoms with Crippen molar-refractivity contribution in [3.63, 3.8) is 0 Å². The standard InChI is InChI=1S/C12H17NO.C7H14O/c1-2-3-9-11(12(13)14)10-7-5-4-6-8-10;1-4-6(2)5-7(3)8/h4-8,11H,2-3,9H2,1H3,(H2,13,14);6H,4-5H2,1-3H3. The van der Waals surface area contributed by atoms with Crippen molar-refractivity contribution >= 4 is 11.7 Å². The molecule has 3 heteroatoms. The highest BCUT2D eigenvalue weighted by Crippen LogP contribution is 2.21. The molecule has 2 atom stereocenters. The number of carbonyl (C=O) groups is 2. The molecule has 0 radical (unpaired) electrons. The van der Waals surface area contributed by atoms with Crippen LogP contribution in [0, 0.1) is 5.92 Å². The predicted molar refractivity (Wildman–Crippen MR) is 92.7 cm³/mol. The highest BCUT2D eigenvalue weighted by Gasteiger charge is 2.16. The second-order valence-electron chi connectivity index (χ2n) is 5.93. The highest BCUT2D eigenvalue weighted by atomic mass is 16.1. The van der Waals surface area contributed by atoms with Gasteiger partial charge in [0, 0.05) is 6.42 Å². The molecule has 2 unspecified atom stereocenters. The van der Waals surface area contributed by atoms with Gasteiger partial charge in [-0.3, -0.25) is 4.79 Å². The van der Waals surface area contributed by atoms with Crippen LogP contribution >= 0.6 is 0 Å². The summed E-state index contributed by atoms with van der Waals surface area (Å²) in [5, 5.41) is 0. The molecule has 1 aromatic rings. The molecule has 0 aliphatic heterocycles. The van der Waals surface area contributed by atoms with Crippen molar-refractivity contribution < 1.29 is 9.59 Å². The van der Waals surface area contributed by atoms with Crippen LogP contribution < -0.4 is 5.73 Å². The van der Waals surface area contributed by atoms with E-state index in [1.165, 1.54) is 0 Å². The number of hydrogen-bond donors (Lipinski definition) is 1. The normalized spacial score (nSPS) is 12.7. The Morgan fingerprint density at radius 1 is 1.14 bits per heavy atom. The van der Waals surface area contributed by atoms with Crippen molar-refractivity contribution in [2.45, 2.75) is 65.7 Å². The summed E-state index contributed by atoms with van der Waals surface area (Å²) >= 11 is 0. The zero-order valence-electron chi connectivity index (χ0n) is 14.5. The molecule has 0 aliphatic carbocycles. The first kappa shape index (κ1) is 20.4. The Balaban J connectivity index is 0.000000472. The molecule has 1 aromatic carbocycles. The smallest absolute Gasteiger partial charge is 0.224 e. The van der Waals surface area contributed by atoms with Crippen LogP contribution in [-0.2, 0) is 9.59 Å². The molecule has 0 spiro atoms. The lowest BCUT2D eigenvalue weighted by Gasteiger charge is -2.12. The first-order valence-electron chi connectivity index (χ1n) is 8.25. The fourth-order valence-corrected chi connectivity index (χ4v) is 2.20. The van der Waals surface area contributed by atoms with Gasteiger partial charge in [-0.1, -0.05) is 70.4 Å². The van der Waals surface area contributed by atoms with Crippen molar-refractivity contribution in [2.75, 3.05) is 0 Å². The van der Waals surface area contributed by atoms with Crippen molar-refractivity contribution in [3.8, 4) is 0 Å². The van der Waals surface area contributed by atoms with E-state index in [0.717, 1.165) is 37.7 Å². The topological polar surface area (TPSA) is 60.2 Å².